The number of nitriles is 1. The van der Waals surface area contributed by atoms with Crippen LogP contribution in [-0.4, -0.2) is 7.11 Å². The largest absolute Gasteiger partial charge is 0.497 e. The number of benzene rings is 2. The zero-order valence-corrected chi connectivity index (χ0v) is 12.3. The first-order valence-electron chi connectivity index (χ1n) is 5.89. The molecule has 1 atom stereocenters. The summed E-state index contributed by atoms with van der Waals surface area (Å²) in [6.45, 7) is 0. The molecule has 0 bridgehead atoms. The van der Waals surface area contributed by atoms with Crippen molar-refractivity contribution in [2.24, 2.45) is 0 Å². The van der Waals surface area contributed by atoms with Crippen molar-refractivity contribution < 1.29 is 9.13 Å². The summed E-state index contributed by atoms with van der Waals surface area (Å²) < 4.78 is 18.7. The van der Waals surface area contributed by atoms with E-state index in [-0.39, 0.29) is 5.82 Å². The fourth-order valence-corrected chi connectivity index (χ4v) is 2.35. The molecule has 2 rings (SSSR count). The van der Waals surface area contributed by atoms with Crippen LogP contribution in [-0.2, 0) is 0 Å². The summed E-state index contributed by atoms with van der Waals surface area (Å²) in [4.78, 5) is 0. The van der Waals surface area contributed by atoms with Crippen LogP contribution in [0, 0.1) is 17.1 Å². The van der Waals surface area contributed by atoms with Gasteiger partial charge in [-0.05, 0) is 36.4 Å². The molecule has 1 N–H and O–H groups in total. The first kappa shape index (κ1) is 14.4. The fraction of sp³-hybridized carbons (Fsp3) is 0.133. The maximum atomic E-state index is 13.1. The molecule has 0 aliphatic carbocycles. The average Bonchev–Trinajstić information content (AvgIpc) is 2.46. The third kappa shape index (κ3) is 3.28. The number of hydrogen-bond acceptors (Lipinski definition) is 3. The zero-order chi connectivity index (χ0) is 14.5. The van der Waals surface area contributed by atoms with Gasteiger partial charge in [-0.3, -0.25) is 0 Å². The van der Waals surface area contributed by atoms with Crippen LogP contribution < -0.4 is 10.1 Å². The summed E-state index contributed by atoms with van der Waals surface area (Å²) in [7, 11) is 1.59. The van der Waals surface area contributed by atoms with Crippen LogP contribution in [0.5, 0.6) is 5.75 Å². The molecule has 0 radical (unpaired) electrons. The second kappa shape index (κ2) is 6.40. The highest BCUT2D eigenvalue weighted by Crippen LogP contribution is 2.27. The molecule has 2 aromatic carbocycles. The van der Waals surface area contributed by atoms with Gasteiger partial charge >= 0.3 is 0 Å². The molecule has 0 aliphatic rings. The molecular weight excluding hydrogens is 323 g/mol. The molecule has 5 heteroatoms. The molecule has 20 heavy (non-hydrogen) atoms. The number of nitrogens with one attached hydrogen (secondary N) is 1. The molecule has 0 heterocycles. The molecule has 1 unspecified atom stereocenters. The van der Waals surface area contributed by atoms with Crippen molar-refractivity contribution >= 4 is 21.6 Å². The highest BCUT2D eigenvalue weighted by Gasteiger charge is 2.14. The number of hydrogen-bond donors (Lipinski definition) is 1. The van der Waals surface area contributed by atoms with Crippen LogP contribution in [0.2, 0.25) is 0 Å². The minimum Gasteiger partial charge on any atom is -0.497 e. The average molecular weight is 335 g/mol. The van der Waals surface area contributed by atoms with Crippen molar-refractivity contribution in [3.05, 3.63) is 58.3 Å². The van der Waals surface area contributed by atoms with Crippen molar-refractivity contribution in [1.82, 2.24) is 0 Å². The lowest BCUT2D eigenvalue weighted by Crippen LogP contribution is -2.09. The maximum absolute atomic E-state index is 13.1. The van der Waals surface area contributed by atoms with E-state index in [0.717, 1.165) is 11.4 Å². The van der Waals surface area contributed by atoms with Crippen LogP contribution in [0.1, 0.15) is 11.6 Å². The second-order valence-electron chi connectivity index (χ2n) is 4.10. The van der Waals surface area contributed by atoms with Crippen LogP contribution in [0.3, 0.4) is 0 Å². The Bertz CT molecular complexity index is 637. The smallest absolute Gasteiger partial charge is 0.141 e. The predicted molar refractivity (Wildman–Crippen MR) is 79.1 cm³/mol. The molecule has 0 aromatic heterocycles. The summed E-state index contributed by atoms with van der Waals surface area (Å²) in [6.07, 6.45) is 0. The van der Waals surface area contributed by atoms with Crippen molar-refractivity contribution in [3.8, 4) is 11.8 Å². The summed E-state index contributed by atoms with van der Waals surface area (Å²) in [5.74, 6) is 0.397. The Morgan fingerprint density at radius 1 is 1.25 bits per heavy atom. The molecule has 0 saturated heterocycles. The summed E-state index contributed by atoms with van der Waals surface area (Å²) in [5.41, 5.74) is 1.47. The monoisotopic (exact) mass is 334 g/mol. The predicted octanol–water partition coefficient (Wildman–Crippen LogP) is 4.27. The van der Waals surface area contributed by atoms with Gasteiger partial charge in [0.25, 0.3) is 0 Å². The quantitative estimate of drug-likeness (QED) is 0.907. The van der Waals surface area contributed by atoms with Crippen molar-refractivity contribution in [3.63, 3.8) is 0 Å². The first-order valence-corrected chi connectivity index (χ1v) is 6.68. The zero-order valence-electron chi connectivity index (χ0n) is 10.7. The minimum absolute atomic E-state index is 0.346. The molecule has 3 nitrogen and oxygen atoms in total. The van der Waals surface area contributed by atoms with E-state index in [4.69, 9.17) is 4.74 Å². The number of rotatable bonds is 4. The Labute approximate surface area is 125 Å². The third-order valence-electron chi connectivity index (χ3n) is 2.80. The van der Waals surface area contributed by atoms with Gasteiger partial charge in [0, 0.05) is 15.7 Å². The number of halogens is 2. The first-order chi connectivity index (χ1) is 9.63. The normalized spacial score (nSPS) is 11.5. The van der Waals surface area contributed by atoms with E-state index in [1.807, 2.05) is 12.1 Å². The Hall–Kier alpha value is -2.06. The van der Waals surface area contributed by atoms with E-state index in [1.165, 1.54) is 12.1 Å². The standard InChI is InChI=1S/C15H12BrFN2O/c1-20-12-5-3-11(4-6-12)19-15(9-18)13-7-2-10(17)8-14(13)16/h2-8,15,19H,1H3. The van der Waals surface area contributed by atoms with Gasteiger partial charge in [-0.15, -0.1) is 0 Å². The third-order valence-corrected chi connectivity index (χ3v) is 3.49. The van der Waals surface area contributed by atoms with Gasteiger partial charge in [0.2, 0.25) is 0 Å². The Balaban J connectivity index is 2.22. The van der Waals surface area contributed by atoms with Crippen molar-refractivity contribution in [1.29, 1.82) is 5.26 Å². The van der Waals surface area contributed by atoms with Crippen molar-refractivity contribution in [2.75, 3.05) is 12.4 Å². The highest BCUT2D eigenvalue weighted by atomic mass is 79.9. The molecule has 0 saturated carbocycles. The second-order valence-corrected chi connectivity index (χ2v) is 4.96. The maximum Gasteiger partial charge on any atom is 0.141 e. The van der Waals surface area contributed by atoms with Crippen LogP contribution >= 0.6 is 15.9 Å². The van der Waals surface area contributed by atoms with Crippen molar-refractivity contribution in [2.45, 2.75) is 6.04 Å². The minimum atomic E-state index is -0.571. The van der Waals surface area contributed by atoms with E-state index in [9.17, 15) is 9.65 Å². The Morgan fingerprint density at radius 2 is 1.95 bits per heavy atom. The van der Waals surface area contributed by atoms with Gasteiger partial charge in [-0.1, -0.05) is 22.0 Å². The molecule has 2 aromatic rings. The van der Waals surface area contributed by atoms with Gasteiger partial charge in [0.05, 0.1) is 13.2 Å². The van der Waals surface area contributed by atoms with E-state index < -0.39 is 6.04 Å². The number of nitrogens with zero attached hydrogens (tertiary/aromatic N) is 1. The Kier molecular flexibility index (Phi) is 4.59. The fourth-order valence-electron chi connectivity index (χ4n) is 1.77. The molecule has 0 aliphatic heterocycles. The highest BCUT2D eigenvalue weighted by molar-refractivity contribution is 9.10. The van der Waals surface area contributed by atoms with Crippen LogP contribution in [0.15, 0.2) is 46.9 Å². The number of ether oxygens (including phenoxy) is 1. The topological polar surface area (TPSA) is 45.0 Å². The lowest BCUT2D eigenvalue weighted by Gasteiger charge is -2.15. The van der Waals surface area contributed by atoms with E-state index in [1.54, 1.807) is 25.3 Å². The number of methoxy groups -OCH3 is 1. The summed E-state index contributed by atoms with van der Waals surface area (Å²) >= 11 is 3.27. The van der Waals surface area contributed by atoms with Gasteiger partial charge < -0.3 is 10.1 Å². The van der Waals surface area contributed by atoms with Gasteiger partial charge in [-0.2, -0.15) is 5.26 Å². The van der Waals surface area contributed by atoms with E-state index in [2.05, 4.69) is 27.3 Å². The molecule has 102 valence electrons. The summed E-state index contributed by atoms with van der Waals surface area (Å²) in [5, 5.41) is 12.4. The molecule has 0 spiro atoms. The lowest BCUT2D eigenvalue weighted by atomic mass is 10.1. The molecular formula is C15H12BrFN2O. The summed E-state index contributed by atoms with van der Waals surface area (Å²) in [6, 6.07) is 13.1. The molecule has 0 fully saturated rings. The van der Waals surface area contributed by atoms with Crippen LogP contribution in [0.25, 0.3) is 0 Å². The Morgan fingerprint density at radius 3 is 2.50 bits per heavy atom. The lowest BCUT2D eigenvalue weighted by molar-refractivity contribution is 0.415. The van der Waals surface area contributed by atoms with E-state index >= 15 is 0 Å². The van der Waals surface area contributed by atoms with E-state index in [0.29, 0.717) is 10.0 Å². The number of anilines is 1. The SMILES string of the molecule is COc1ccc(NC(C#N)c2ccc(F)cc2Br)cc1. The van der Waals surface area contributed by atoms with Gasteiger partial charge in [0.15, 0.2) is 0 Å². The van der Waals surface area contributed by atoms with Gasteiger partial charge in [-0.25, -0.2) is 4.39 Å². The van der Waals surface area contributed by atoms with Crippen LogP contribution in [0.4, 0.5) is 10.1 Å². The molecule has 0 amide bonds. The van der Waals surface area contributed by atoms with Gasteiger partial charge in [0.1, 0.15) is 17.6 Å².